The number of halogens is 2. The molecule has 5 nitrogen and oxygen atoms in total. The van der Waals surface area contributed by atoms with Gasteiger partial charge >= 0.3 is 0 Å². The number of ketones is 1. The van der Waals surface area contributed by atoms with E-state index in [2.05, 4.69) is 4.98 Å². The monoisotopic (exact) mass is 439 g/mol. The van der Waals surface area contributed by atoms with Crippen molar-refractivity contribution in [3.63, 3.8) is 0 Å². The maximum Gasteiger partial charge on any atom is 0.161 e. The number of methoxy groups -OCH3 is 2. The van der Waals surface area contributed by atoms with E-state index in [9.17, 15) is 13.6 Å². The number of nitrogens with zero attached hydrogens (tertiary/aromatic N) is 1. The van der Waals surface area contributed by atoms with E-state index in [0.717, 1.165) is 11.8 Å². The van der Waals surface area contributed by atoms with Crippen LogP contribution in [-0.2, 0) is 16.6 Å². The summed E-state index contributed by atoms with van der Waals surface area (Å²) in [7, 11) is 3.11. The Bertz CT molecular complexity index is 1100. The number of pyridine rings is 1. The molecule has 1 aliphatic rings. The molecule has 2 unspecified atom stereocenters. The maximum absolute atomic E-state index is 13.2. The van der Waals surface area contributed by atoms with Gasteiger partial charge in [0, 0.05) is 23.4 Å². The van der Waals surface area contributed by atoms with Gasteiger partial charge in [-0.25, -0.2) is 8.78 Å². The predicted molar refractivity (Wildman–Crippen MR) is 114 cm³/mol. The first-order valence-corrected chi connectivity index (χ1v) is 10.2. The first kappa shape index (κ1) is 21.7. The first-order chi connectivity index (χ1) is 15.4. The van der Waals surface area contributed by atoms with Crippen LogP contribution in [0.5, 0.6) is 17.2 Å². The molecule has 1 aliphatic carbocycles. The highest BCUT2D eigenvalue weighted by Gasteiger charge is 2.59. The smallest absolute Gasteiger partial charge is 0.161 e. The predicted octanol–water partition coefficient (Wildman–Crippen LogP) is 4.53. The van der Waals surface area contributed by atoms with Crippen LogP contribution in [0.4, 0.5) is 8.78 Å². The minimum atomic E-state index is -0.564. The van der Waals surface area contributed by atoms with E-state index in [4.69, 9.17) is 14.2 Å². The fraction of sp³-hybridized carbons (Fsp3) is 0.280. The fourth-order valence-corrected chi connectivity index (χ4v) is 3.99. The van der Waals surface area contributed by atoms with Gasteiger partial charge in [0.25, 0.3) is 0 Å². The number of carbonyl (C=O) groups is 1. The summed E-state index contributed by atoms with van der Waals surface area (Å²) in [6.07, 6.45) is 1.80. The van der Waals surface area contributed by atoms with Crippen LogP contribution in [0.1, 0.15) is 17.7 Å². The Morgan fingerprint density at radius 3 is 2.38 bits per heavy atom. The van der Waals surface area contributed by atoms with E-state index in [1.54, 1.807) is 32.4 Å². The number of benzene rings is 2. The molecular weight excluding hydrogens is 416 g/mol. The summed E-state index contributed by atoms with van der Waals surface area (Å²) in [6.45, 7) is 0.237. The highest BCUT2D eigenvalue weighted by atomic mass is 19.1. The number of ether oxygens (including phenoxy) is 3. The minimum absolute atomic E-state index is 0.00148. The van der Waals surface area contributed by atoms with Gasteiger partial charge in [0.15, 0.2) is 11.5 Å². The van der Waals surface area contributed by atoms with Crippen molar-refractivity contribution in [3.8, 4) is 17.2 Å². The summed E-state index contributed by atoms with van der Waals surface area (Å²) >= 11 is 0. The Morgan fingerprint density at radius 2 is 1.72 bits per heavy atom. The SMILES string of the molecule is COc1ccc(C2(COc3ccc(F)cc3)CC2C(=O)Cc2ccc(F)cn2)cc1OC. The van der Waals surface area contributed by atoms with Gasteiger partial charge in [0.1, 0.15) is 23.2 Å². The lowest BCUT2D eigenvalue weighted by Crippen LogP contribution is -2.24. The molecule has 1 aromatic heterocycles. The van der Waals surface area contributed by atoms with Crippen LogP contribution in [0, 0.1) is 17.6 Å². The molecule has 32 heavy (non-hydrogen) atoms. The Morgan fingerprint density at radius 1 is 1.00 bits per heavy atom. The van der Waals surface area contributed by atoms with Gasteiger partial charge in [-0.3, -0.25) is 9.78 Å². The molecule has 0 saturated heterocycles. The third-order valence-corrected chi connectivity index (χ3v) is 5.88. The lowest BCUT2D eigenvalue weighted by atomic mass is 9.91. The van der Waals surface area contributed by atoms with Crippen molar-refractivity contribution in [1.29, 1.82) is 0 Å². The van der Waals surface area contributed by atoms with E-state index >= 15 is 0 Å². The van der Waals surface area contributed by atoms with Gasteiger partial charge in [0.05, 0.1) is 27.0 Å². The highest BCUT2D eigenvalue weighted by Crippen LogP contribution is 2.56. The molecule has 1 heterocycles. The molecule has 4 rings (SSSR count). The number of hydrogen-bond donors (Lipinski definition) is 0. The van der Waals surface area contributed by atoms with Crippen LogP contribution in [0.3, 0.4) is 0 Å². The van der Waals surface area contributed by atoms with Gasteiger partial charge in [-0.05, 0) is 60.5 Å². The first-order valence-electron chi connectivity index (χ1n) is 10.2. The number of hydrogen-bond acceptors (Lipinski definition) is 5. The molecule has 0 spiro atoms. The standard InChI is InChI=1S/C25H23F2NO4/c1-30-23-10-3-16(11-24(23)31-2)25(15-32-20-8-5-17(26)6-9-20)13-21(25)22(29)12-19-7-4-18(27)14-28-19/h3-11,14,21H,12-13,15H2,1-2H3. The second-order valence-corrected chi connectivity index (χ2v) is 7.84. The van der Waals surface area contributed by atoms with Crippen LogP contribution in [0.2, 0.25) is 0 Å². The molecule has 0 aliphatic heterocycles. The lowest BCUT2D eigenvalue weighted by Gasteiger charge is -2.20. The van der Waals surface area contributed by atoms with Crippen molar-refractivity contribution in [2.45, 2.75) is 18.3 Å². The largest absolute Gasteiger partial charge is 0.493 e. The Kier molecular flexibility index (Phi) is 6.08. The normalized spacial score (nSPS) is 19.3. The number of Topliss-reactive ketones (excluding diaryl/α,β-unsaturated/α-hetero) is 1. The van der Waals surface area contributed by atoms with Crippen molar-refractivity contribution in [1.82, 2.24) is 4.98 Å². The topological polar surface area (TPSA) is 57.7 Å². The van der Waals surface area contributed by atoms with Crippen molar-refractivity contribution in [2.75, 3.05) is 20.8 Å². The number of carbonyl (C=O) groups excluding carboxylic acids is 1. The average Bonchev–Trinajstić information content (AvgIpc) is 3.56. The van der Waals surface area contributed by atoms with Crippen molar-refractivity contribution in [2.24, 2.45) is 5.92 Å². The molecule has 166 valence electrons. The van der Waals surface area contributed by atoms with Crippen LogP contribution in [0.25, 0.3) is 0 Å². The summed E-state index contributed by atoms with van der Waals surface area (Å²) in [5, 5.41) is 0. The molecule has 1 saturated carbocycles. The van der Waals surface area contributed by atoms with Crippen LogP contribution in [0.15, 0.2) is 60.8 Å². The summed E-state index contributed by atoms with van der Waals surface area (Å²) in [5.74, 6) is 0.576. The van der Waals surface area contributed by atoms with E-state index in [-0.39, 0.29) is 30.5 Å². The Labute approximate surface area is 185 Å². The van der Waals surface area contributed by atoms with Gasteiger partial charge in [0.2, 0.25) is 0 Å². The Hall–Kier alpha value is -3.48. The third-order valence-electron chi connectivity index (χ3n) is 5.88. The molecule has 3 aromatic rings. The molecular formula is C25H23F2NO4. The average molecular weight is 439 g/mol. The van der Waals surface area contributed by atoms with Crippen molar-refractivity contribution in [3.05, 3.63) is 83.7 Å². The second kappa shape index (κ2) is 8.94. The molecule has 1 fully saturated rings. The van der Waals surface area contributed by atoms with Crippen LogP contribution < -0.4 is 14.2 Å². The number of aromatic nitrogens is 1. The third kappa shape index (κ3) is 4.42. The molecule has 0 amide bonds. The van der Waals surface area contributed by atoms with E-state index in [0.29, 0.717) is 29.4 Å². The lowest BCUT2D eigenvalue weighted by molar-refractivity contribution is -0.120. The van der Waals surface area contributed by atoms with Crippen molar-refractivity contribution < 1.29 is 27.8 Å². The zero-order chi connectivity index (χ0) is 22.7. The van der Waals surface area contributed by atoms with Gasteiger partial charge < -0.3 is 14.2 Å². The zero-order valence-electron chi connectivity index (χ0n) is 17.8. The van der Waals surface area contributed by atoms with E-state index in [1.165, 1.54) is 24.3 Å². The van der Waals surface area contributed by atoms with Crippen molar-refractivity contribution >= 4 is 5.78 Å². The summed E-state index contributed by atoms with van der Waals surface area (Å²) in [5.41, 5.74) is 0.844. The van der Waals surface area contributed by atoms with Crippen LogP contribution in [-0.4, -0.2) is 31.6 Å². The van der Waals surface area contributed by atoms with Gasteiger partial charge in [-0.2, -0.15) is 0 Å². The minimum Gasteiger partial charge on any atom is -0.493 e. The quantitative estimate of drug-likeness (QED) is 0.491. The zero-order valence-corrected chi connectivity index (χ0v) is 17.8. The molecule has 0 radical (unpaired) electrons. The van der Waals surface area contributed by atoms with Gasteiger partial charge in [-0.15, -0.1) is 0 Å². The Balaban J connectivity index is 1.59. The molecule has 7 heteroatoms. The highest BCUT2D eigenvalue weighted by molar-refractivity contribution is 5.88. The second-order valence-electron chi connectivity index (χ2n) is 7.84. The fourth-order valence-electron chi connectivity index (χ4n) is 3.99. The van der Waals surface area contributed by atoms with Gasteiger partial charge in [-0.1, -0.05) is 6.07 Å². The summed E-state index contributed by atoms with van der Waals surface area (Å²) in [4.78, 5) is 17.1. The summed E-state index contributed by atoms with van der Waals surface area (Å²) in [6, 6.07) is 14.1. The van der Waals surface area contributed by atoms with Crippen LogP contribution >= 0.6 is 0 Å². The maximum atomic E-state index is 13.2. The number of rotatable bonds is 9. The molecule has 2 atom stereocenters. The molecule has 0 N–H and O–H groups in total. The molecule has 0 bridgehead atoms. The summed E-state index contributed by atoms with van der Waals surface area (Å²) < 4.78 is 43.1. The van der Waals surface area contributed by atoms with E-state index in [1.807, 2.05) is 12.1 Å². The van der Waals surface area contributed by atoms with E-state index < -0.39 is 11.2 Å². The molecule has 2 aromatic carbocycles.